The van der Waals surface area contributed by atoms with Crippen LogP contribution in [0.15, 0.2) is 18.2 Å². The molecule has 0 aromatic heterocycles. The number of hydrogen-bond donors (Lipinski definition) is 2. The third-order valence-corrected chi connectivity index (χ3v) is 4.50. The Hall–Kier alpha value is -2.15. The van der Waals surface area contributed by atoms with Gasteiger partial charge in [-0.3, -0.25) is 15.0 Å². The average molecular weight is 321 g/mol. The molecular weight excluding hydrogens is 301 g/mol. The maximum Gasteiger partial charge on any atom is 0.328 e. The van der Waals surface area contributed by atoms with Gasteiger partial charge < -0.3 is 10.0 Å². The van der Waals surface area contributed by atoms with E-state index in [0.717, 1.165) is 12.8 Å². The standard InChI is InChI=1S/C16H20FN3O3/c17-12-1-2-13(20-8-5-15(22)18-16(20)23)14(9-12)19-6-3-11(10-21)4-7-19/h1-2,9,11,21H,3-8,10H2,(H,18,22,23). The van der Waals surface area contributed by atoms with Crippen LogP contribution in [0, 0.1) is 11.7 Å². The van der Waals surface area contributed by atoms with Crippen LogP contribution in [0.1, 0.15) is 19.3 Å². The topological polar surface area (TPSA) is 72.9 Å². The number of carbonyl (C=O) groups is 2. The first-order valence-corrected chi connectivity index (χ1v) is 7.85. The third kappa shape index (κ3) is 3.29. The molecular formula is C16H20FN3O3. The number of carbonyl (C=O) groups excluding carboxylic acids is 2. The average Bonchev–Trinajstić information content (AvgIpc) is 2.55. The molecule has 0 atom stereocenters. The molecule has 3 rings (SSSR count). The van der Waals surface area contributed by atoms with Crippen molar-refractivity contribution >= 4 is 23.3 Å². The minimum atomic E-state index is -0.473. The van der Waals surface area contributed by atoms with Crippen LogP contribution >= 0.6 is 0 Å². The fraction of sp³-hybridized carbons (Fsp3) is 0.500. The van der Waals surface area contributed by atoms with Gasteiger partial charge in [-0.15, -0.1) is 0 Å². The van der Waals surface area contributed by atoms with Crippen molar-refractivity contribution in [1.29, 1.82) is 0 Å². The molecule has 2 heterocycles. The monoisotopic (exact) mass is 321 g/mol. The number of anilines is 2. The summed E-state index contributed by atoms with van der Waals surface area (Å²) in [4.78, 5) is 26.9. The molecule has 7 heteroatoms. The van der Waals surface area contributed by atoms with Crippen molar-refractivity contribution in [3.05, 3.63) is 24.0 Å². The van der Waals surface area contributed by atoms with Crippen LogP contribution in [-0.2, 0) is 4.79 Å². The molecule has 0 aliphatic carbocycles. The zero-order chi connectivity index (χ0) is 16.4. The van der Waals surface area contributed by atoms with Crippen molar-refractivity contribution in [2.45, 2.75) is 19.3 Å². The Kier molecular flexibility index (Phi) is 4.47. The first-order chi connectivity index (χ1) is 11.1. The fourth-order valence-electron chi connectivity index (χ4n) is 3.13. The molecule has 124 valence electrons. The van der Waals surface area contributed by atoms with Crippen molar-refractivity contribution in [3.63, 3.8) is 0 Å². The minimum absolute atomic E-state index is 0.167. The number of rotatable bonds is 3. The van der Waals surface area contributed by atoms with E-state index in [1.807, 2.05) is 4.90 Å². The molecule has 6 nitrogen and oxygen atoms in total. The molecule has 0 saturated carbocycles. The molecule has 0 bridgehead atoms. The number of hydrogen-bond acceptors (Lipinski definition) is 4. The van der Waals surface area contributed by atoms with Crippen LogP contribution in [0.25, 0.3) is 0 Å². The molecule has 3 amide bonds. The number of benzene rings is 1. The molecule has 2 fully saturated rings. The first-order valence-electron chi connectivity index (χ1n) is 7.85. The summed E-state index contributed by atoms with van der Waals surface area (Å²) in [6, 6.07) is 3.86. The Bertz CT molecular complexity index is 615. The highest BCUT2D eigenvalue weighted by Gasteiger charge is 2.28. The Morgan fingerprint density at radius 1 is 1.17 bits per heavy atom. The Labute approximate surface area is 133 Å². The highest BCUT2D eigenvalue weighted by Crippen LogP contribution is 2.34. The minimum Gasteiger partial charge on any atom is -0.396 e. The van der Waals surface area contributed by atoms with Crippen molar-refractivity contribution in [2.24, 2.45) is 5.92 Å². The number of amides is 3. The van der Waals surface area contributed by atoms with Gasteiger partial charge in [0.15, 0.2) is 0 Å². The summed E-state index contributed by atoms with van der Waals surface area (Å²) in [5.41, 5.74) is 1.27. The van der Waals surface area contributed by atoms with Crippen LogP contribution in [0.5, 0.6) is 0 Å². The molecule has 2 saturated heterocycles. The van der Waals surface area contributed by atoms with Gasteiger partial charge in [0, 0.05) is 32.7 Å². The molecule has 2 N–H and O–H groups in total. The van der Waals surface area contributed by atoms with E-state index in [1.165, 1.54) is 17.0 Å². The van der Waals surface area contributed by atoms with Gasteiger partial charge in [0.1, 0.15) is 5.82 Å². The van der Waals surface area contributed by atoms with E-state index in [4.69, 9.17) is 0 Å². The second kappa shape index (κ2) is 6.54. The predicted molar refractivity (Wildman–Crippen MR) is 83.9 cm³/mol. The molecule has 2 aliphatic rings. The van der Waals surface area contributed by atoms with E-state index < -0.39 is 6.03 Å². The predicted octanol–water partition coefficient (Wildman–Crippen LogP) is 1.48. The second-order valence-corrected chi connectivity index (χ2v) is 6.00. The van der Waals surface area contributed by atoms with Gasteiger partial charge in [0.2, 0.25) is 5.91 Å². The lowest BCUT2D eigenvalue weighted by molar-refractivity contribution is -0.120. The molecule has 1 aromatic rings. The van der Waals surface area contributed by atoms with E-state index in [-0.39, 0.29) is 37.2 Å². The van der Waals surface area contributed by atoms with Crippen LogP contribution in [0.3, 0.4) is 0 Å². The molecule has 2 aliphatic heterocycles. The third-order valence-electron chi connectivity index (χ3n) is 4.50. The number of nitrogens with zero attached hydrogens (tertiary/aromatic N) is 2. The lowest BCUT2D eigenvalue weighted by atomic mass is 9.97. The van der Waals surface area contributed by atoms with Crippen molar-refractivity contribution in [3.8, 4) is 0 Å². The van der Waals surface area contributed by atoms with Gasteiger partial charge in [0.25, 0.3) is 0 Å². The summed E-state index contributed by atoms with van der Waals surface area (Å²) in [7, 11) is 0. The number of aliphatic hydroxyl groups excluding tert-OH is 1. The smallest absolute Gasteiger partial charge is 0.328 e. The van der Waals surface area contributed by atoms with E-state index >= 15 is 0 Å². The fourth-order valence-corrected chi connectivity index (χ4v) is 3.13. The van der Waals surface area contributed by atoms with Crippen molar-refractivity contribution in [1.82, 2.24) is 5.32 Å². The summed E-state index contributed by atoms with van der Waals surface area (Å²) in [6.45, 7) is 1.86. The number of aliphatic hydroxyl groups is 1. The lowest BCUT2D eigenvalue weighted by Crippen LogP contribution is -2.50. The zero-order valence-corrected chi connectivity index (χ0v) is 12.8. The molecule has 0 spiro atoms. The van der Waals surface area contributed by atoms with E-state index in [0.29, 0.717) is 24.5 Å². The van der Waals surface area contributed by atoms with Gasteiger partial charge in [-0.25, -0.2) is 9.18 Å². The summed E-state index contributed by atoms with van der Waals surface area (Å²) in [5.74, 6) is -0.376. The Morgan fingerprint density at radius 3 is 2.57 bits per heavy atom. The van der Waals surface area contributed by atoms with Gasteiger partial charge in [0.05, 0.1) is 11.4 Å². The maximum atomic E-state index is 13.7. The van der Waals surface area contributed by atoms with Crippen molar-refractivity contribution in [2.75, 3.05) is 36.0 Å². The number of halogens is 1. The second-order valence-electron chi connectivity index (χ2n) is 6.00. The SMILES string of the molecule is O=C1CCN(c2ccc(F)cc2N2CCC(CO)CC2)C(=O)N1. The number of piperidine rings is 1. The summed E-state index contributed by atoms with van der Waals surface area (Å²) >= 11 is 0. The summed E-state index contributed by atoms with van der Waals surface area (Å²) < 4.78 is 13.7. The summed E-state index contributed by atoms with van der Waals surface area (Å²) in [5, 5.41) is 11.5. The first kappa shape index (κ1) is 15.7. The maximum absolute atomic E-state index is 13.7. The van der Waals surface area contributed by atoms with Gasteiger partial charge in [-0.05, 0) is 37.0 Å². The highest BCUT2D eigenvalue weighted by atomic mass is 19.1. The summed E-state index contributed by atoms with van der Waals surface area (Å²) in [6.07, 6.45) is 1.89. The van der Waals surface area contributed by atoms with E-state index in [1.54, 1.807) is 6.07 Å². The quantitative estimate of drug-likeness (QED) is 0.884. The van der Waals surface area contributed by atoms with Crippen LogP contribution in [-0.4, -0.2) is 43.3 Å². The van der Waals surface area contributed by atoms with E-state index in [2.05, 4.69) is 5.32 Å². The van der Waals surface area contributed by atoms with Crippen LogP contribution in [0.2, 0.25) is 0 Å². The lowest BCUT2D eigenvalue weighted by Gasteiger charge is -2.36. The Morgan fingerprint density at radius 2 is 1.91 bits per heavy atom. The normalized spacial score (nSPS) is 19.9. The van der Waals surface area contributed by atoms with E-state index in [9.17, 15) is 19.1 Å². The zero-order valence-electron chi connectivity index (χ0n) is 12.8. The van der Waals surface area contributed by atoms with Crippen LogP contribution < -0.4 is 15.1 Å². The van der Waals surface area contributed by atoms with Gasteiger partial charge in [-0.2, -0.15) is 0 Å². The van der Waals surface area contributed by atoms with Crippen LogP contribution in [0.4, 0.5) is 20.6 Å². The van der Waals surface area contributed by atoms with Crippen molar-refractivity contribution < 1.29 is 19.1 Å². The molecule has 0 radical (unpaired) electrons. The largest absolute Gasteiger partial charge is 0.396 e. The Balaban J connectivity index is 1.86. The molecule has 23 heavy (non-hydrogen) atoms. The molecule has 0 unspecified atom stereocenters. The molecule has 1 aromatic carbocycles. The van der Waals surface area contributed by atoms with Gasteiger partial charge in [-0.1, -0.05) is 0 Å². The number of nitrogens with one attached hydrogen (secondary N) is 1. The van der Waals surface area contributed by atoms with Gasteiger partial charge >= 0.3 is 6.03 Å². The highest BCUT2D eigenvalue weighted by molar-refractivity contribution is 6.07. The number of urea groups is 1. The number of imide groups is 1.